The molecule has 0 spiro atoms. The fraction of sp³-hybridized carbons (Fsp3) is 0.269. The zero-order valence-electron chi connectivity index (χ0n) is 17.9. The van der Waals surface area contributed by atoms with Crippen LogP contribution in [0.2, 0.25) is 0 Å². The molecule has 1 saturated heterocycles. The Morgan fingerprint density at radius 1 is 0.938 bits per heavy atom. The molecule has 3 heterocycles. The van der Waals surface area contributed by atoms with Gasteiger partial charge in [-0.2, -0.15) is 0 Å². The summed E-state index contributed by atoms with van der Waals surface area (Å²) in [5.74, 6) is 0.144. The van der Waals surface area contributed by atoms with Crippen LogP contribution in [0, 0.1) is 0 Å². The summed E-state index contributed by atoms with van der Waals surface area (Å²) in [5.41, 5.74) is 3.70. The normalized spacial score (nSPS) is 16.0. The van der Waals surface area contributed by atoms with Crippen molar-refractivity contribution in [1.82, 2.24) is 19.0 Å². The summed E-state index contributed by atoms with van der Waals surface area (Å²) in [6, 6.07) is 23.8. The number of imidazole rings is 1. The van der Waals surface area contributed by atoms with Crippen molar-refractivity contribution in [1.29, 1.82) is 0 Å². The number of likely N-dealkylation sites (tertiary alicyclic amines) is 1. The lowest BCUT2D eigenvalue weighted by Gasteiger charge is -2.17. The van der Waals surface area contributed by atoms with Gasteiger partial charge in [-0.15, -0.1) is 0 Å². The van der Waals surface area contributed by atoms with Crippen LogP contribution in [0.1, 0.15) is 30.0 Å². The Bertz CT molecular complexity index is 1280. The Morgan fingerprint density at radius 3 is 2.41 bits per heavy atom. The van der Waals surface area contributed by atoms with E-state index in [2.05, 4.69) is 4.98 Å². The first-order valence-corrected chi connectivity index (χ1v) is 11.1. The lowest BCUT2D eigenvalue weighted by molar-refractivity contribution is -0.130. The molecular weight excluding hydrogens is 400 g/mol. The molecule has 0 bridgehead atoms. The largest absolute Gasteiger partial charge is 0.341 e. The molecule has 1 amide bonds. The van der Waals surface area contributed by atoms with Crippen LogP contribution in [-0.4, -0.2) is 38.0 Å². The summed E-state index contributed by atoms with van der Waals surface area (Å²) in [5, 5.41) is 0. The highest BCUT2D eigenvalue weighted by atomic mass is 16.2. The summed E-state index contributed by atoms with van der Waals surface area (Å²) in [7, 11) is 0. The van der Waals surface area contributed by atoms with Crippen molar-refractivity contribution in [2.45, 2.75) is 31.8 Å². The zero-order chi connectivity index (χ0) is 21.9. The Labute approximate surface area is 186 Å². The molecule has 0 saturated carbocycles. The van der Waals surface area contributed by atoms with Gasteiger partial charge in [0.25, 0.3) is 0 Å². The highest BCUT2D eigenvalue weighted by molar-refractivity contribution is 5.77. The summed E-state index contributed by atoms with van der Waals surface area (Å²) in [6.45, 7) is 1.72. The van der Waals surface area contributed by atoms with Gasteiger partial charge in [-0.3, -0.25) is 13.9 Å². The molecule has 4 aromatic rings. The number of benzene rings is 2. The van der Waals surface area contributed by atoms with Crippen LogP contribution in [0.15, 0.2) is 83.8 Å². The van der Waals surface area contributed by atoms with Gasteiger partial charge in [-0.25, -0.2) is 9.78 Å². The summed E-state index contributed by atoms with van der Waals surface area (Å²) < 4.78 is 3.58. The van der Waals surface area contributed by atoms with Gasteiger partial charge in [0.2, 0.25) is 5.91 Å². The molecule has 0 aliphatic carbocycles. The molecule has 2 aromatic heterocycles. The second kappa shape index (κ2) is 8.83. The van der Waals surface area contributed by atoms with Crippen LogP contribution >= 0.6 is 0 Å². The van der Waals surface area contributed by atoms with Gasteiger partial charge in [-0.1, -0.05) is 60.7 Å². The van der Waals surface area contributed by atoms with Gasteiger partial charge in [0, 0.05) is 25.7 Å². The monoisotopic (exact) mass is 426 g/mol. The van der Waals surface area contributed by atoms with E-state index in [0.29, 0.717) is 31.7 Å². The number of rotatable bonds is 6. The van der Waals surface area contributed by atoms with Gasteiger partial charge in [0.15, 0.2) is 5.65 Å². The van der Waals surface area contributed by atoms with Crippen molar-refractivity contribution in [3.05, 3.63) is 101 Å². The van der Waals surface area contributed by atoms with Crippen LogP contribution < -0.4 is 5.69 Å². The van der Waals surface area contributed by atoms with Crippen molar-refractivity contribution < 1.29 is 4.79 Å². The quantitative estimate of drug-likeness (QED) is 0.473. The Balaban J connectivity index is 1.36. The van der Waals surface area contributed by atoms with Crippen molar-refractivity contribution in [3.8, 4) is 0 Å². The van der Waals surface area contributed by atoms with Crippen molar-refractivity contribution in [2.24, 2.45) is 0 Å². The fourth-order valence-corrected chi connectivity index (χ4v) is 4.59. The maximum atomic E-state index is 13.4. The van der Waals surface area contributed by atoms with Gasteiger partial charge in [0.05, 0.1) is 18.1 Å². The van der Waals surface area contributed by atoms with E-state index >= 15 is 0 Å². The Morgan fingerprint density at radius 2 is 1.66 bits per heavy atom. The predicted molar refractivity (Wildman–Crippen MR) is 125 cm³/mol. The van der Waals surface area contributed by atoms with Crippen LogP contribution in [0.5, 0.6) is 0 Å². The van der Waals surface area contributed by atoms with E-state index in [1.165, 1.54) is 5.56 Å². The average molecular weight is 427 g/mol. The minimum absolute atomic E-state index is 0.0578. The van der Waals surface area contributed by atoms with Gasteiger partial charge in [0.1, 0.15) is 0 Å². The third-order valence-electron chi connectivity index (χ3n) is 6.26. The highest BCUT2D eigenvalue weighted by Crippen LogP contribution is 2.25. The molecule has 1 fully saturated rings. The smallest absolute Gasteiger partial charge is 0.330 e. The summed E-state index contributed by atoms with van der Waals surface area (Å²) >= 11 is 0. The average Bonchev–Trinajstić information content (AvgIpc) is 3.42. The minimum Gasteiger partial charge on any atom is -0.341 e. The van der Waals surface area contributed by atoms with E-state index < -0.39 is 0 Å². The topological polar surface area (TPSA) is 60.1 Å². The number of pyridine rings is 1. The molecule has 0 unspecified atom stereocenters. The molecule has 1 aliphatic heterocycles. The first-order chi connectivity index (χ1) is 15.7. The molecular formula is C26H26N4O2. The number of amides is 1. The number of aryl methyl sites for hydroxylation is 1. The fourth-order valence-electron chi connectivity index (χ4n) is 4.59. The van der Waals surface area contributed by atoms with Crippen LogP contribution in [-0.2, 0) is 17.8 Å². The first kappa shape index (κ1) is 20.2. The minimum atomic E-state index is -0.0638. The van der Waals surface area contributed by atoms with Crippen molar-refractivity contribution in [3.63, 3.8) is 0 Å². The maximum Gasteiger partial charge on any atom is 0.330 e. The van der Waals surface area contributed by atoms with Crippen molar-refractivity contribution in [2.75, 3.05) is 13.1 Å². The zero-order valence-corrected chi connectivity index (χ0v) is 17.9. The summed E-state index contributed by atoms with van der Waals surface area (Å²) in [4.78, 5) is 32.7. The highest BCUT2D eigenvalue weighted by Gasteiger charge is 2.30. The second-order valence-electron chi connectivity index (χ2n) is 8.34. The molecule has 0 N–H and O–H groups in total. The molecule has 1 atom stereocenters. The maximum absolute atomic E-state index is 13.4. The number of carbonyl (C=O) groups excluding carboxylic acids is 1. The third kappa shape index (κ3) is 3.96. The second-order valence-corrected chi connectivity index (χ2v) is 8.34. The molecule has 5 rings (SSSR count). The number of hydrogen-bond acceptors (Lipinski definition) is 3. The molecule has 32 heavy (non-hydrogen) atoms. The number of carbonyl (C=O) groups is 1. The van der Waals surface area contributed by atoms with E-state index in [0.717, 1.165) is 23.9 Å². The molecule has 6 nitrogen and oxygen atoms in total. The number of aromatic nitrogens is 3. The van der Waals surface area contributed by atoms with E-state index in [1.807, 2.05) is 77.7 Å². The van der Waals surface area contributed by atoms with Crippen LogP contribution in [0.25, 0.3) is 11.2 Å². The molecule has 162 valence electrons. The van der Waals surface area contributed by atoms with Crippen LogP contribution in [0.3, 0.4) is 0 Å². The third-order valence-corrected chi connectivity index (χ3v) is 6.26. The van der Waals surface area contributed by atoms with E-state index in [9.17, 15) is 9.59 Å². The van der Waals surface area contributed by atoms with Gasteiger partial charge in [-0.05, 0) is 36.1 Å². The number of nitrogens with zero attached hydrogens (tertiary/aromatic N) is 4. The SMILES string of the molecule is O=C(CCc1ccccc1)N1CC[C@@H](n2c(=O)n(Cc3ccccc3)c3cccnc32)C1. The van der Waals surface area contributed by atoms with E-state index in [1.54, 1.807) is 15.3 Å². The lowest BCUT2D eigenvalue weighted by Crippen LogP contribution is -2.32. The molecule has 1 aliphatic rings. The van der Waals surface area contributed by atoms with Gasteiger partial charge < -0.3 is 4.90 Å². The first-order valence-electron chi connectivity index (χ1n) is 11.1. The summed E-state index contributed by atoms with van der Waals surface area (Å²) in [6.07, 6.45) is 3.71. The lowest BCUT2D eigenvalue weighted by atomic mass is 10.1. The number of fused-ring (bicyclic) bond motifs is 1. The molecule has 2 aromatic carbocycles. The van der Waals surface area contributed by atoms with Gasteiger partial charge >= 0.3 is 5.69 Å². The van der Waals surface area contributed by atoms with Crippen LogP contribution in [0.4, 0.5) is 0 Å². The van der Waals surface area contributed by atoms with E-state index in [-0.39, 0.29) is 17.6 Å². The van der Waals surface area contributed by atoms with Crippen molar-refractivity contribution >= 4 is 17.1 Å². The molecule has 6 heteroatoms. The standard InChI is InChI=1S/C26H26N4O2/c31-24(14-13-20-8-3-1-4-9-20)28-17-15-22(19-28)30-25-23(12-7-16-27-25)29(26(30)32)18-21-10-5-2-6-11-21/h1-12,16,22H,13-15,17-19H2/t22-/m1/s1. The Kier molecular flexibility index (Phi) is 5.58. The predicted octanol–water partition coefficient (Wildman–Crippen LogP) is 3.65. The molecule has 0 radical (unpaired) electrons. The Hall–Kier alpha value is -3.67. The number of hydrogen-bond donors (Lipinski definition) is 0. The van der Waals surface area contributed by atoms with E-state index in [4.69, 9.17) is 0 Å².